The first-order valence-corrected chi connectivity index (χ1v) is 3.69. The summed E-state index contributed by atoms with van der Waals surface area (Å²) in [6, 6.07) is 0. The Morgan fingerprint density at radius 2 is 2.00 bits per heavy atom. The van der Waals surface area contributed by atoms with Gasteiger partial charge >= 0.3 is 0 Å². The first-order valence-electron chi connectivity index (χ1n) is 3.28. The number of hydrogen-bond acceptors (Lipinski definition) is 1. The van der Waals surface area contributed by atoms with Crippen molar-refractivity contribution in [3.8, 4) is 0 Å². The fourth-order valence-corrected chi connectivity index (χ4v) is 0.905. The van der Waals surface area contributed by atoms with E-state index < -0.39 is 0 Å². The predicted octanol–water partition coefficient (Wildman–Crippen LogP) is 2.37. The number of H-pyrrole nitrogens is 2. The van der Waals surface area contributed by atoms with Crippen molar-refractivity contribution in [1.82, 2.24) is 9.97 Å². The van der Waals surface area contributed by atoms with Crippen LogP contribution in [0.2, 0.25) is 0 Å². The SMILES string of the molecule is CC(C)(C)c1c[nH]c(=S)[nH]1. The molecule has 0 spiro atoms. The molecule has 0 radical (unpaired) electrons. The Labute approximate surface area is 65.7 Å². The fourth-order valence-electron chi connectivity index (χ4n) is 0.736. The van der Waals surface area contributed by atoms with E-state index in [0.29, 0.717) is 4.77 Å². The van der Waals surface area contributed by atoms with Crippen LogP contribution in [0, 0.1) is 4.77 Å². The zero-order valence-corrected chi connectivity index (χ0v) is 7.30. The lowest BCUT2D eigenvalue weighted by Gasteiger charge is -2.14. The molecule has 1 heterocycles. The normalized spacial score (nSPS) is 11.9. The van der Waals surface area contributed by atoms with Crippen LogP contribution in [0.4, 0.5) is 0 Å². The summed E-state index contributed by atoms with van der Waals surface area (Å²) in [6.07, 6.45) is 1.92. The second kappa shape index (κ2) is 2.23. The second-order valence-corrected chi connectivity index (χ2v) is 3.81. The van der Waals surface area contributed by atoms with Gasteiger partial charge in [-0.15, -0.1) is 0 Å². The molecule has 0 aliphatic carbocycles. The van der Waals surface area contributed by atoms with Gasteiger partial charge in [0.25, 0.3) is 0 Å². The summed E-state index contributed by atoms with van der Waals surface area (Å²) in [7, 11) is 0. The first-order chi connectivity index (χ1) is 4.50. The van der Waals surface area contributed by atoms with Crippen LogP contribution in [-0.4, -0.2) is 9.97 Å². The Morgan fingerprint density at radius 3 is 2.20 bits per heavy atom. The third-order valence-electron chi connectivity index (χ3n) is 1.40. The van der Waals surface area contributed by atoms with Gasteiger partial charge in [0, 0.05) is 17.3 Å². The summed E-state index contributed by atoms with van der Waals surface area (Å²) in [4.78, 5) is 6.01. The summed E-state index contributed by atoms with van der Waals surface area (Å²) in [6.45, 7) is 6.42. The lowest BCUT2D eigenvalue weighted by atomic mass is 9.93. The monoisotopic (exact) mass is 156 g/mol. The minimum absolute atomic E-state index is 0.160. The molecule has 0 aromatic carbocycles. The van der Waals surface area contributed by atoms with E-state index in [0.717, 1.165) is 5.69 Å². The molecule has 1 aromatic rings. The van der Waals surface area contributed by atoms with E-state index in [2.05, 4.69) is 30.7 Å². The highest BCUT2D eigenvalue weighted by Crippen LogP contribution is 2.18. The molecule has 0 bridgehead atoms. The lowest BCUT2D eigenvalue weighted by Crippen LogP contribution is -2.11. The Bertz CT molecular complexity index is 264. The van der Waals surface area contributed by atoms with Crippen molar-refractivity contribution in [2.45, 2.75) is 26.2 Å². The van der Waals surface area contributed by atoms with Crippen LogP contribution < -0.4 is 0 Å². The maximum atomic E-state index is 4.89. The van der Waals surface area contributed by atoms with Crippen molar-refractivity contribution in [3.05, 3.63) is 16.7 Å². The number of aromatic amines is 2. The summed E-state index contributed by atoms with van der Waals surface area (Å²) < 4.78 is 0.699. The highest BCUT2D eigenvalue weighted by molar-refractivity contribution is 7.71. The second-order valence-electron chi connectivity index (χ2n) is 3.41. The van der Waals surface area contributed by atoms with Crippen molar-refractivity contribution < 1.29 is 0 Å². The molecule has 0 fully saturated rings. The Balaban J connectivity index is 3.07. The molecule has 0 saturated heterocycles. The molecule has 3 heteroatoms. The van der Waals surface area contributed by atoms with Crippen molar-refractivity contribution in [2.24, 2.45) is 0 Å². The molecule has 2 nitrogen and oxygen atoms in total. The van der Waals surface area contributed by atoms with Crippen LogP contribution in [0.5, 0.6) is 0 Å². The van der Waals surface area contributed by atoms with Crippen LogP contribution in [-0.2, 0) is 5.41 Å². The summed E-state index contributed by atoms with van der Waals surface area (Å²) >= 11 is 4.89. The molecule has 1 rings (SSSR count). The minimum Gasteiger partial charge on any atom is -0.337 e. The molecule has 2 N–H and O–H groups in total. The van der Waals surface area contributed by atoms with Gasteiger partial charge in [0.1, 0.15) is 0 Å². The number of nitrogens with one attached hydrogen (secondary N) is 2. The highest BCUT2D eigenvalue weighted by Gasteiger charge is 2.13. The standard InChI is InChI=1S/C7H12N2S/c1-7(2,3)5-4-8-6(10)9-5/h4H,1-3H3,(H2,8,9,10). The summed E-state index contributed by atoms with van der Waals surface area (Å²) in [5, 5.41) is 0. The van der Waals surface area contributed by atoms with Crippen molar-refractivity contribution in [1.29, 1.82) is 0 Å². The van der Waals surface area contributed by atoms with Crippen molar-refractivity contribution in [3.63, 3.8) is 0 Å². The maximum Gasteiger partial charge on any atom is 0.174 e. The van der Waals surface area contributed by atoms with E-state index >= 15 is 0 Å². The summed E-state index contributed by atoms with van der Waals surface area (Å²) in [5.41, 5.74) is 1.31. The van der Waals surface area contributed by atoms with Gasteiger partial charge in [-0.25, -0.2) is 0 Å². The number of rotatable bonds is 0. The van der Waals surface area contributed by atoms with Gasteiger partial charge in [0.2, 0.25) is 0 Å². The average Bonchev–Trinajstić information content (AvgIpc) is 2.11. The van der Waals surface area contributed by atoms with Crippen LogP contribution in [0.15, 0.2) is 6.20 Å². The van der Waals surface area contributed by atoms with Crippen LogP contribution >= 0.6 is 12.2 Å². The van der Waals surface area contributed by atoms with Crippen LogP contribution in [0.1, 0.15) is 26.5 Å². The summed E-state index contributed by atoms with van der Waals surface area (Å²) in [5.74, 6) is 0. The molecule has 0 unspecified atom stereocenters. The van der Waals surface area contributed by atoms with Gasteiger partial charge in [-0.3, -0.25) is 0 Å². The number of aromatic nitrogens is 2. The first kappa shape index (κ1) is 7.54. The number of imidazole rings is 1. The molecule has 56 valence electrons. The van der Waals surface area contributed by atoms with E-state index in [9.17, 15) is 0 Å². The Morgan fingerprint density at radius 1 is 1.40 bits per heavy atom. The average molecular weight is 156 g/mol. The zero-order chi connectivity index (χ0) is 7.78. The zero-order valence-electron chi connectivity index (χ0n) is 6.49. The lowest BCUT2D eigenvalue weighted by molar-refractivity contribution is 0.572. The van der Waals surface area contributed by atoms with Gasteiger partial charge in [-0.2, -0.15) is 0 Å². The van der Waals surface area contributed by atoms with E-state index in [1.165, 1.54) is 0 Å². The molecule has 1 aromatic heterocycles. The van der Waals surface area contributed by atoms with Crippen LogP contribution in [0.25, 0.3) is 0 Å². The smallest absolute Gasteiger partial charge is 0.174 e. The van der Waals surface area contributed by atoms with E-state index in [1.54, 1.807) is 0 Å². The largest absolute Gasteiger partial charge is 0.337 e. The molecule has 0 atom stereocenters. The Kier molecular flexibility index (Phi) is 1.68. The van der Waals surface area contributed by atoms with E-state index in [4.69, 9.17) is 12.2 Å². The predicted molar refractivity (Wildman–Crippen MR) is 44.7 cm³/mol. The molecule has 0 amide bonds. The van der Waals surface area contributed by atoms with E-state index in [1.807, 2.05) is 6.20 Å². The maximum absolute atomic E-state index is 4.89. The fraction of sp³-hybridized carbons (Fsp3) is 0.571. The van der Waals surface area contributed by atoms with Crippen molar-refractivity contribution in [2.75, 3.05) is 0 Å². The molecular weight excluding hydrogens is 144 g/mol. The molecule has 0 aliphatic rings. The number of hydrogen-bond donors (Lipinski definition) is 2. The van der Waals surface area contributed by atoms with Gasteiger partial charge in [0.05, 0.1) is 0 Å². The van der Waals surface area contributed by atoms with Gasteiger partial charge < -0.3 is 9.97 Å². The Hall–Kier alpha value is -0.570. The molecule has 0 aliphatic heterocycles. The highest BCUT2D eigenvalue weighted by atomic mass is 32.1. The third-order valence-corrected chi connectivity index (χ3v) is 1.62. The van der Waals surface area contributed by atoms with Crippen LogP contribution in [0.3, 0.4) is 0 Å². The minimum atomic E-state index is 0.160. The topological polar surface area (TPSA) is 31.6 Å². The molecular formula is C7H12N2S. The quantitative estimate of drug-likeness (QED) is 0.555. The van der Waals surface area contributed by atoms with E-state index in [-0.39, 0.29) is 5.41 Å². The van der Waals surface area contributed by atoms with Gasteiger partial charge in [0.15, 0.2) is 4.77 Å². The molecule has 10 heavy (non-hydrogen) atoms. The van der Waals surface area contributed by atoms with Gasteiger partial charge in [-0.05, 0) is 12.2 Å². The van der Waals surface area contributed by atoms with Crippen molar-refractivity contribution >= 4 is 12.2 Å². The third kappa shape index (κ3) is 1.48. The molecule has 0 saturated carbocycles. The van der Waals surface area contributed by atoms with Gasteiger partial charge in [-0.1, -0.05) is 20.8 Å².